The van der Waals surface area contributed by atoms with Crippen LogP contribution in [-0.4, -0.2) is 54.5 Å². The van der Waals surface area contributed by atoms with Crippen LogP contribution in [0.1, 0.15) is 23.8 Å². The molecule has 0 fully saturated rings. The molecule has 0 aliphatic rings. The molecular formula is C12H21N5O. The van der Waals surface area contributed by atoms with E-state index in [9.17, 15) is 4.79 Å². The fourth-order valence-corrected chi connectivity index (χ4v) is 1.27. The van der Waals surface area contributed by atoms with E-state index in [0.29, 0.717) is 18.1 Å². The molecule has 1 amide bonds. The molecule has 0 unspecified atom stereocenters. The fraction of sp³-hybridized carbons (Fsp3) is 0.583. The van der Waals surface area contributed by atoms with E-state index in [2.05, 4.69) is 25.5 Å². The summed E-state index contributed by atoms with van der Waals surface area (Å²) in [7, 11) is 4.02. The Kier molecular flexibility index (Phi) is 6.07. The number of carbonyl (C=O) groups excluding carboxylic acids is 1. The average Bonchev–Trinajstić information content (AvgIpc) is 2.36. The largest absolute Gasteiger partial charge is 0.368 e. The minimum absolute atomic E-state index is 0.177. The Morgan fingerprint density at radius 1 is 1.28 bits per heavy atom. The average molecular weight is 251 g/mol. The number of hydrogen-bond acceptors (Lipinski definition) is 5. The zero-order chi connectivity index (χ0) is 13.4. The normalized spacial score (nSPS) is 10.4. The zero-order valence-electron chi connectivity index (χ0n) is 11.2. The minimum atomic E-state index is -0.177. The van der Waals surface area contributed by atoms with Crippen molar-refractivity contribution in [3.8, 4) is 0 Å². The lowest BCUT2D eigenvalue weighted by Crippen LogP contribution is -2.25. The molecule has 0 bridgehead atoms. The third kappa shape index (κ3) is 5.09. The van der Waals surface area contributed by atoms with Gasteiger partial charge in [-0.3, -0.25) is 4.79 Å². The summed E-state index contributed by atoms with van der Waals surface area (Å²) in [5.41, 5.74) is 0.349. The summed E-state index contributed by atoms with van der Waals surface area (Å²) < 4.78 is 0. The molecule has 0 spiro atoms. The van der Waals surface area contributed by atoms with E-state index < -0.39 is 0 Å². The van der Waals surface area contributed by atoms with Gasteiger partial charge in [0.15, 0.2) is 0 Å². The first kappa shape index (κ1) is 14.4. The standard InChI is InChI=1S/C12H21N5O/c1-4-5-14-12(18)10-8-16-11(9-15-10)13-6-7-17(2)3/h8-9H,4-7H2,1-3H3,(H,13,16)(H,14,18). The molecule has 1 rings (SSSR count). The van der Waals surface area contributed by atoms with Crippen LogP contribution in [0.5, 0.6) is 0 Å². The van der Waals surface area contributed by atoms with Gasteiger partial charge in [0, 0.05) is 19.6 Å². The molecule has 6 heteroatoms. The van der Waals surface area contributed by atoms with Crippen molar-refractivity contribution in [1.82, 2.24) is 20.2 Å². The first-order valence-electron chi connectivity index (χ1n) is 6.12. The van der Waals surface area contributed by atoms with Crippen molar-refractivity contribution in [2.24, 2.45) is 0 Å². The van der Waals surface area contributed by atoms with Gasteiger partial charge in [-0.1, -0.05) is 6.92 Å². The Balaban J connectivity index is 2.44. The molecule has 0 aromatic carbocycles. The molecule has 100 valence electrons. The van der Waals surface area contributed by atoms with Gasteiger partial charge in [-0.15, -0.1) is 0 Å². The highest BCUT2D eigenvalue weighted by Crippen LogP contribution is 2.00. The lowest BCUT2D eigenvalue weighted by Gasteiger charge is -2.10. The molecule has 0 aliphatic carbocycles. The number of anilines is 1. The summed E-state index contributed by atoms with van der Waals surface area (Å²) in [6.07, 6.45) is 3.98. The second-order valence-corrected chi connectivity index (χ2v) is 4.27. The van der Waals surface area contributed by atoms with Crippen LogP contribution in [0.2, 0.25) is 0 Å². The number of aromatic nitrogens is 2. The predicted octanol–water partition coefficient (Wildman–Crippen LogP) is 0.590. The number of carbonyl (C=O) groups is 1. The van der Waals surface area contributed by atoms with Crippen molar-refractivity contribution < 1.29 is 4.79 Å². The van der Waals surface area contributed by atoms with Crippen LogP contribution in [0.15, 0.2) is 12.4 Å². The maximum atomic E-state index is 11.6. The quantitative estimate of drug-likeness (QED) is 0.742. The molecular weight excluding hydrogens is 230 g/mol. The van der Waals surface area contributed by atoms with Gasteiger partial charge in [-0.25, -0.2) is 9.97 Å². The Labute approximate surface area is 108 Å². The molecule has 0 saturated heterocycles. The number of amides is 1. The SMILES string of the molecule is CCCNC(=O)c1cnc(NCCN(C)C)cn1. The minimum Gasteiger partial charge on any atom is -0.368 e. The highest BCUT2D eigenvalue weighted by atomic mass is 16.1. The Bertz CT molecular complexity index is 363. The van der Waals surface area contributed by atoms with E-state index in [1.54, 1.807) is 6.20 Å². The zero-order valence-corrected chi connectivity index (χ0v) is 11.2. The van der Waals surface area contributed by atoms with Gasteiger partial charge >= 0.3 is 0 Å². The highest BCUT2D eigenvalue weighted by molar-refractivity contribution is 5.91. The van der Waals surface area contributed by atoms with Crippen LogP contribution in [0.25, 0.3) is 0 Å². The number of rotatable bonds is 7. The van der Waals surface area contributed by atoms with Crippen molar-refractivity contribution in [3.05, 3.63) is 18.1 Å². The van der Waals surface area contributed by atoms with Crippen molar-refractivity contribution in [1.29, 1.82) is 0 Å². The number of nitrogens with one attached hydrogen (secondary N) is 2. The van der Waals surface area contributed by atoms with Gasteiger partial charge in [-0.05, 0) is 20.5 Å². The molecule has 0 atom stereocenters. The van der Waals surface area contributed by atoms with Crippen molar-refractivity contribution in [3.63, 3.8) is 0 Å². The third-order valence-corrected chi connectivity index (χ3v) is 2.29. The van der Waals surface area contributed by atoms with E-state index in [4.69, 9.17) is 0 Å². The third-order valence-electron chi connectivity index (χ3n) is 2.29. The van der Waals surface area contributed by atoms with Crippen LogP contribution in [0.3, 0.4) is 0 Å². The molecule has 1 heterocycles. The lowest BCUT2D eigenvalue weighted by atomic mass is 10.4. The van der Waals surface area contributed by atoms with Crippen molar-refractivity contribution >= 4 is 11.7 Å². The van der Waals surface area contributed by atoms with Gasteiger partial charge in [-0.2, -0.15) is 0 Å². The smallest absolute Gasteiger partial charge is 0.271 e. The van der Waals surface area contributed by atoms with Crippen molar-refractivity contribution in [2.75, 3.05) is 39.0 Å². The molecule has 0 aliphatic heterocycles. The van der Waals surface area contributed by atoms with Crippen LogP contribution in [0.4, 0.5) is 5.82 Å². The molecule has 0 radical (unpaired) electrons. The maximum absolute atomic E-state index is 11.6. The summed E-state index contributed by atoms with van der Waals surface area (Å²) in [6, 6.07) is 0. The summed E-state index contributed by atoms with van der Waals surface area (Å²) in [5.74, 6) is 0.507. The second-order valence-electron chi connectivity index (χ2n) is 4.27. The predicted molar refractivity (Wildman–Crippen MR) is 71.7 cm³/mol. The van der Waals surface area contributed by atoms with Crippen LogP contribution in [-0.2, 0) is 0 Å². The van der Waals surface area contributed by atoms with E-state index >= 15 is 0 Å². The maximum Gasteiger partial charge on any atom is 0.271 e. The molecule has 0 saturated carbocycles. The number of hydrogen-bond donors (Lipinski definition) is 2. The van der Waals surface area contributed by atoms with Gasteiger partial charge in [0.05, 0.1) is 12.4 Å². The van der Waals surface area contributed by atoms with E-state index in [1.807, 2.05) is 21.0 Å². The second kappa shape index (κ2) is 7.60. The first-order valence-corrected chi connectivity index (χ1v) is 6.12. The monoisotopic (exact) mass is 251 g/mol. The van der Waals surface area contributed by atoms with E-state index in [-0.39, 0.29) is 5.91 Å². The molecule has 2 N–H and O–H groups in total. The summed E-state index contributed by atoms with van der Waals surface area (Å²) in [4.78, 5) is 21.9. The Hall–Kier alpha value is -1.69. The Morgan fingerprint density at radius 2 is 2.06 bits per heavy atom. The van der Waals surface area contributed by atoms with Crippen molar-refractivity contribution in [2.45, 2.75) is 13.3 Å². The van der Waals surface area contributed by atoms with Gasteiger partial charge < -0.3 is 15.5 Å². The fourth-order valence-electron chi connectivity index (χ4n) is 1.27. The molecule has 1 aromatic rings. The van der Waals surface area contributed by atoms with Gasteiger partial charge in [0.25, 0.3) is 5.91 Å². The topological polar surface area (TPSA) is 70.2 Å². The Morgan fingerprint density at radius 3 is 2.61 bits per heavy atom. The van der Waals surface area contributed by atoms with Gasteiger partial charge in [0.2, 0.25) is 0 Å². The lowest BCUT2D eigenvalue weighted by molar-refractivity contribution is 0.0948. The summed E-state index contributed by atoms with van der Waals surface area (Å²) >= 11 is 0. The first-order chi connectivity index (χ1) is 8.63. The molecule has 1 aromatic heterocycles. The van der Waals surface area contributed by atoms with E-state index in [1.165, 1.54) is 6.20 Å². The molecule has 18 heavy (non-hydrogen) atoms. The summed E-state index contributed by atoms with van der Waals surface area (Å²) in [5, 5.41) is 5.90. The highest BCUT2D eigenvalue weighted by Gasteiger charge is 2.06. The van der Waals surface area contributed by atoms with Crippen LogP contribution in [0, 0.1) is 0 Å². The molecule has 6 nitrogen and oxygen atoms in total. The van der Waals surface area contributed by atoms with E-state index in [0.717, 1.165) is 19.5 Å². The number of likely N-dealkylation sites (N-methyl/N-ethyl adjacent to an activating group) is 1. The summed E-state index contributed by atoms with van der Waals surface area (Å²) in [6.45, 7) is 4.37. The number of nitrogens with zero attached hydrogens (tertiary/aromatic N) is 3. The van der Waals surface area contributed by atoms with Crippen LogP contribution >= 0.6 is 0 Å². The van der Waals surface area contributed by atoms with Crippen LogP contribution < -0.4 is 10.6 Å². The van der Waals surface area contributed by atoms with Gasteiger partial charge in [0.1, 0.15) is 11.5 Å².